The number of amides is 1. The highest BCUT2D eigenvalue weighted by Gasteiger charge is 2.31. The molecule has 2 fully saturated rings. The van der Waals surface area contributed by atoms with Gasteiger partial charge in [0, 0.05) is 37.2 Å². The second-order valence-electron chi connectivity index (χ2n) is 9.79. The van der Waals surface area contributed by atoms with Crippen molar-refractivity contribution >= 4 is 22.0 Å². The molecule has 3 heterocycles. The summed E-state index contributed by atoms with van der Waals surface area (Å²) in [5.41, 5.74) is 1.55. The highest BCUT2D eigenvalue weighted by molar-refractivity contribution is 9.10. The molecule has 8 heteroatoms. The molecule has 0 N–H and O–H groups in total. The van der Waals surface area contributed by atoms with E-state index in [0.29, 0.717) is 19.1 Å². The molecule has 2 aromatic heterocycles. The number of carbonyl (C=O) groups excluding carboxylic acids is 1. The van der Waals surface area contributed by atoms with E-state index in [1.54, 1.807) is 17.3 Å². The van der Waals surface area contributed by atoms with Gasteiger partial charge in [-0.15, -0.1) is 0 Å². The van der Waals surface area contributed by atoms with E-state index < -0.39 is 5.60 Å². The van der Waals surface area contributed by atoms with Crippen molar-refractivity contribution in [3.63, 3.8) is 0 Å². The standard InChI is InChI=1S/C24H33BrN4O3/c1-24(2,3)32-23(30)28-13-9-19(10-14-28)31-20-6-4-5-18(15-20)29-16-21(25)22(27-29)17-7-11-26-12-8-17/h7-8,11-12,16,18-20H,4-6,9-10,13-15H2,1-3H3/t18-,20+/m1/s1. The van der Waals surface area contributed by atoms with Gasteiger partial charge in [0.25, 0.3) is 0 Å². The fourth-order valence-corrected chi connectivity index (χ4v) is 5.04. The minimum absolute atomic E-state index is 0.203. The third-order valence-electron chi connectivity index (χ3n) is 6.09. The molecule has 0 aromatic carbocycles. The molecule has 2 aromatic rings. The summed E-state index contributed by atoms with van der Waals surface area (Å²) >= 11 is 3.67. The van der Waals surface area contributed by atoms with Crippen molar-refractivity contribution in [3.8, 4) is 11.3 Å². The van der Waals surface area contributed by atoms with Gasteiger partial charge >= 0.3 is 6.09 Å². The first-order valence-corrected chi connectivity index (χ1v) is 12.4. The van der Waals surface area contributed by atoms with Crippen LogP contribution in [0.1, 0.15) is 65.3 Å². The topological polar surface area (TPSA) is 69.5 Å². The molecule has 1 aliphatic carbocycles. The number of hydrogen-bond acceptors (Lipinski definition) is 5. The van der Waals surface area contributed by atoms with Crippen molar-refractivity contribution in [1.29, 1.82) is 0 Å². The second kappa shape index (κ2) is 9.91. The number of halogens is 1. The predicted octanol–water partition coefficient (Wildman–Crippen LogP) is 5.61. The highest BCUT2D eigenvalue weighted by atomic mass is 79.9. The normalized spacial score (nSPS) is 22.7. The van der Waals surface area contributed by atoms with Gasteiger partial charge in [0.2, 0.25) is 0 Å². The summed E-state index contributed by atoms with van der Waals surface area (Å²) < 4.78 is 15.1. The van der Waals surface area contributed by atoms with E-state index in [-0.39, 0.29) is 18.3 Å². The molecule has 0 unspecified atom stereocenters. The van der Waals surface area contributed by atoms with E-state index in [1.165, 1.54) is 0 Å². The highest BCUT2D eigenvalue weighted by Crippen LogP contribution is 2.35. The lowest BCUT2D eigenvalue weighted by Crippen LogP contribution is -2.44. The fraction of sp³-hybridized carbons (Fsp3) is 0.625. The lowest BCUT2D eigenvalue weighted by atomic mass is 9.92. The molecule has 7 nitrogen and oxygen atoms in total. The van der Waals surface area contributed by atoms with Crippen LogP contribution in [0.5, 0.6) is 0 Å². The van der Waals surface area contributed by atoms with Crippen molar-refractivity contribution in [2.45, 2.75) is 83.1 Å². The number of aromatic nitrogens is 3. The molecule has 0 radical (unpaired) electrons. The van der Waals surface area contributed by atoms with Crippen LogP contribution in [0.2, 0.25) is 0 Å². The number of nitrogens with zero attached hydrogens (tertiary/aromatic N) is 4. The number of piperidine rings is 1. The maximum atomic E-state index is 12.3. The molecule has 1 amide bonds. The third-order valence-corrected chi connectivity index (χ3v) is 6.67. The van der Waals surface area contributed by atoms with Gasteiger partial charge in [-0.1, -0.05) is 0 Å². The van der Waals surface area contributed by atoms with E-state index in [4.69, 9.17) is 14.6 Å². The van der Waals surface area contributed by atoms with Crippen LogP contribution in [-0.4, -0.2) is 56.7 Å². The minimum atomic E-state index is -0.458. The van der Waals surface area contributed by atoms with E-state index in [2.05, 4.69) is 31.8 Å². The Balaban J connectivity index is 1.30. The van der Waals surface area contributed by atoms with Crippen molar-refractivity contribution in [1.82, 2.24) is 19.7 Å². The third kappa shape index (κ3) is 5.90. The first-order valence-electron chi connectivity index (χ1n) is 11.6. The maximum absolute atomic E-state index is 12.3. The van der Waals surface area contributed by atoms with Gasteiger partial charge in [-0.3, -0.25) is 9.67 Å². The van der Waals surface area contributed by atoms with Crippen LogP contribution in [0.3, 0.4) is 0 Å². The minimum Gasteiger partial charge on any atom is -0.444 e. The Bertz CT molecular complexity index is 904. The quantitative estimate of drug-likeness (QED) is 0.541. The molecular formula is C24H33BrN4O3. The van der Waals surface area contributed by atoms with Crippen molar-refractivity contribution < 1.29 is 14.3 Å². The summed E-state index contributed by atoms with van der Waals surface area (Å²) in [4.78, 5) is 18.2. The van der Waals surface area contributed by atoms with Crippen LogP contribution in [0.25, 0.3) is 11.3 Å². The van der Waals surface area contributed by atoms with Crippen molar-refractivity contribution in [3.05, 3.63) is 35.2 Å². The average molecular weight is 505 g/mol. The van der Waals surface area contributed by atoms with Gasteiger partial charge in [-0.25, -0.2) is 4.79 Å². The summed E-state index contributed by atoms with van der Waals surface area (Å²) in [6.45, 7) is 7.09. The molecule has 1 aliphatic heterocycles. The molecule has 0 spiro atoms. The number of ether oxygens (including phenoxy) is 2. The van der Waals surface area contributed by atoms with Crippen LogP contribution in [0.15, 0.2) is 35.2 Å². The summed E-state index contributed by atoms with van der Waals surface area (Å²) in [5, 5.41) is 4.87. The number of carbonyl (C=O) groups is 1. The summed E-state index contributed by atoms with van der Waals surface area (Å²) in [7, 11) is 0. The van der Waals surface area contributed by atoms with Gasteiger partial charge in [0.1, 0.15) is 11.3 Å². The Kier molecular flexibility index (Phi) is 7.20. The van der Waals surface area contributed by atoms with E-state index >= 15 is 0 Å². The number of pyridine rings is 1. The van der Waals surface area contributed by atoms with Crippen LogP contribution < -0.4 is 0 Å². The zero-order valence-corrected chi connectivity index (χ0v) is 20.8. The van der Waals surface area contributed by atoms with E-state index in [9.17, 15) is 4.79 Å². The average Bonchev–Trinajstić information content (AvgIpc) is 3.15. The Morgan fingerprint density at radius 1 is 1.09 bits per heavy atom. The first kappa shape index (κ1) is 23.2. The number of likely N-dealkylation sites (tertiary alicyclic amines) is 1. The van der Waals surface area contributed by atoms with Gasteiger partial charge in [0.15, 0.2) is 0 Å². The molecule has 1 saturated carbocycles. The Labute approximate surface area is 198 Å². The predicted molar refractivity (Wildman–Crippen MR) is 126 cm³/mol. The van der Waals surface area contributed by atoms with E-state index in [0.717, 1.165) is 54.3 Å². The number of hydrogen-bond donors (Lipinski definition) is 0. The van der Waals surface area contributed by atoms with Crippen LogP contribution >= 0.6 is 15.9 Å². The van der Waals surface area contributed by atoms with Crippen LogP contribution in [-0.2, 0) is 9.47 Å². The Morgan fingerprint density at radius 2 is 1.81 bits per heavy atom. The van der Waals surface area contributed by atoms with Gasteiger partial charge < -0.3 is 14.4 Å². The van der Waals surface area contributed by atoms with Gasteiger partial charge in [-0.2, -0.15) is 5.10 Å². The molecule has 0 bridgehead atoms. The lowest BCUT2D eigenvalue weighted by molar-refractivity contribution is -0.0647. The molecule has 2 atom stereocenters. The molecular weight excluding hydrogens is 472 g/mol. The molecule has 2 aliphatic rings. The monoisotopic (exact) mass is 504 g/mol. The Hall–Kier alpha value is -1.93. The largest absolute Gasteiger partial charge is 0.444 e. The van der Waals surface area contributed by atoms with Gasteiger partial charge in [-0.05, 0) is 87.4 Å². The van der Waals surface area contributed by atoms with E-state index in [1.807, 2.05) is 32.9 Å². The molecule has 32 heavy (non-hydrogen) atoms. The zero-order chi connectivity index (χ0) is 22.7. The van der Waals surface area contributed by atoms with Crippen LogP contribution in [0, 0.1) is 0 Å². The van der Waals surface area contributed by atoms with Crippen molar-refractivity contribution in [2.24, 2.45) is 0 Å². The SMILES string of the molecule is CC(C)(C)OC(=O)N1CCC(O[C@H]2CCC[C@@H](n3cc(Br)c(-c4ccncc4)n3)C2)CC1. The molecule has 174 valence electrons. The first-order chi connectivity index (χ1) is 15.3. The molecule has 1 saturated heterocycles. The van der Waals surface area contributed by atoms with Gasteiger partial charge in [0.05, 0.1) is 22.7 Å². The molecule has 4 rings (SSSR count). The summed E-state index contributed by atoms with van der Waals surface area (Å²) in [5.74, 6) is 0. The summed E-state index contributed by atoms with van der Waals surface area (Å²) in [6.07, 6.45) is 11.9. The van der Waals surface area contributed by atoms with Crippen molar-refractivity contribution in [2.75, 3.05) is 13.1 Å². The van der Waals surface area contributed by atoms with Crippen LogP contribution in [0.4, 0.5) is 4.79 Å². The Morgan fingerprint density at radius 3 is 2.50 bits per heavy atom. The maximum Gasteiger partial charge on any atom is 0.410 e. The smallest absolute Gasteiger partial charge is 0.410 e. The zero-order valence-electron chi connectivity index (χ0n) is 19.2. The second-order valence-corrected chi connectivity index (χ2v) is 10.6. The lowest BCUT2D eigenvalue weighted by Gasteiger charge is -2.37. The fourth-order valence-electron chi connectivity index (χ4n) is 4.52. The summed E-state index contributed by atoms with van der Waals surface area (Å²) in [6, 6.07) is 4.30. The number of rotatable bonds is 4.